The highest BCUT2D eigenvalue weighted by atomic mass is 35.5. The molecule has 2 N–H and O–H groups in total. The molecule has 27 heavy (non-hydrogen) atoms. The Morgan fingerprint density at radius 1 is 1.07 bits per heavy atom. The number of hydrogen-bond donors (Lipinski definition) is 2. The van der Waals surface area contributed by atoms with Gasteiger partial charge in [0, 0.05) is 38.8 Å². The fourth-order valence-electron chi connectivity index (χ4n) is 2.48. The zero-order valence-corrected chi connectivity index (χ0v) is 17.1. The predicted octanol–water partition coefficient (Wildman–Crippen LogP) is 2.47. The lowest BCUT2D eigenvalue weighted by Gasteiger charge is -2.22. The van der Waals surface area contributed by atoms with E-state index in [4.69, 9.17) is 11.6 Å². The quantitative estimate of drug-likeness (QED) is 0.519. The summed E-state index contributed by atoms with van der Waals surface area (Å²) >= 11 is 5.90. The third kappa shape index (κ3) is 7.58. The smallest absolute Gasteiger partial charge is 0.213 e. The molecule has 2 aromatic carbocycles. The van der Waals surface area contributed by atoms with Crippen molar-refractivity contribution in [3.8, 4) is 0 Å². The largest absolute Gasteiger partial charge is 0.355 e. The molecule has 0 unspecified atom stereocenters. The number of halogens is 1. The summed E-state index contributed by atoms with van der Waals surface area (Å²) in [4.78, 5) is 6.13. The summed E-state index contributed by atoms with van der Waals surface area (Å²) < 4.78 is 26.9. The van der Waals surface area contributed by atoms with Gasteiger partial charge in [-0.1, -0.05) is 54.1 Å². The van der Waals surface area contributed by atoms with Crippen LogP contribution in [0.1, 0.15) is 11.1 Å². The molecule has 0 aliphatic carbocycles. The summed E-state index contributed by atoms with van der Waals surface area (Å²) in [6.07, 6.45) is 0. The third-order valence-electron chi connectivity index (χ3n) is 3.90. The number of rotatable bonds is 8. The summed E-state index contributed by atoms with van der Waals surface area (Å²) in [6.45, 7) is 1.19. The fraction of sp³-hybridized carbons (Fsp3) is 0.316. The first-order chi connectivity index (χ1) is 12.9. The van der Waals surface area contributed by atoms with Gasteiger partial charge in [0.2, 0.25) is 10.0 Å². The third-order valence-corrected chi connectivity index (χ3v) is 5.48. The molecule has 0 saturated heterocycles. The van der Waals surface area contributed by atoms with Crippen molar-refractivity contribution in [3.05, 3.63) is 70.7 Å². The summed E-state index contributed by atoms with van der Waals surface area (Å²) in [6, 6.07) is 17.0. The highest BCUT2D eigenvalue weighted by Crippen LogP contribution is 2.11. The monoisotopic (exact) mass is 408 g/mol. The zero-order chi connectivity index (χ0) is 19.7. The molecule has 0 radical (unpaired) electrons. The molecule has 0 amide bonds. The Morgan fingerprint density at radius 2 is 1.74 bits per heavy atom. The Kier molecular flexibility index (Phi) is 8.09. The van der Waals surface area contributed by atoms with Gasteiger partial charge in [0.1, 0.15) is 0 Å². The van der Waals surface area contributed by atoms with Crippen LogP contribution in [-0.2, 0) is 23.1 Å². The van der Waals surface area contributed by atoms with Crippen molar-refractivity contribution < 1.29 is 8.42 Å². The molecule has 0 saturated carbocycles. The average molecular weight is 409 g/mol. The van der Waals surface area contributed by atoms with E-state index in [1.165, 1.54) is 0 Å². The highest BCUT2D eigenvalue weighted by molar-refractivity contribution is 7.89. The maximum Gasteiger partial charge on any atom is 0.213 e. The van der Waals surface area contributed by atoms with Crippen LogP contribution in [0.15, 0.2) is 59.6 Å². The standard InChI is InChI=1S/C19H25ClN4O2S/c1-21-19(24(2)15-17-8-10-18(20)11-9-17)22-12-13-27(25,26)23-14-16-6-4-3-5-7-16/h3-11,23H,12-15H2,1-2H3,(H,21,22). The van der Waals surface area contributed by atoms with Gasteiger partial charge in [-0.2, -0.15) is 0 Å². The minimum Gasteiger partial charge on any atom is -0.355 e. The van der Waals surface area contributed by atoms with Crippen molar-refractivity contribution in [1.29, 1.82) is 0 Å². The molecular formula is C19H25ClN4O2S. The molecule has 0 atom stereocenters. The van der Waals surface area contributed by atoms with E-state index in [0.29, 0.717) is 17.5 Å². The highest BCUT2D eigenvalue weighted by Gasteiger charge is 2.12. The average Bonchev–Trinajstić information content (AvgIpc) is 2.66. The van der Waals surface area contributed by atoms with Crippen molar-refractivity contribution in [2.24, 2.45) is 4.99 Å². The van der Waals surface area contributed by atoms with Crippen molar-refractivity contribution in [1.82, 2.24) is 14.9 Å². The zero-order valence-electron chi connectivity index (χ0n) is 15.5. The van der Waals surface area contributed by atoms with Crippen LogP contribution in [-0.4, -0.2) is 45.7 Å². The van der Waals surface area contributed by atoms with Crippen molar-refractivity contribution in [2.45, 2.75) is 13.1 Å². The van der Waals surface area contributed by atoms with Gasteiger partial charge in [-0.3, -0.25) is 4.99 Å². The molecule has 0 heterocycles. The molecular weight excluding hydrogens is 384 g/mol. The normalized spacial score (nSPS) is 12.0. The van der Waals surface area contributed by atoms with Crippen molar-refractivity contribution in [2.75, 3.05) is 26.4 Å². The summed E-state index contributed by atoms with van der Waals surface area (Å²) in [7, 11) is 0.191. The molecule has 0 fully saturated rings. The second kappa shape index (κ2) is 10.3. The lowest BCUT2D eigenvalue weighted by molar-refractivity contribution is 0.478. The summed E-state index contributed by atoms with van der Waals surface area (Å²) in [5, 5.41) is 3.78. The van der Waals surface area contributed by atoms with Crippen LogP contribution in [0.2, 0.25) is 5.02 Å². The van der Waals surface area contributed by atoms with Crippen molar-refractivity contribution in [3.63, 3.8) is 0 Å². The maximum absolute atomic E-state index is 12.1. The van der Waals surface area contributed by atoms with Gasteiger partial charge in [-0.15, -0.1) is 0 Å². The Morgan fingerprint density at radius 3 is 2.37 bits per heavy atom. The number of aliphatic imine (C=N–C) groups is 1. The first kappa shape index (κ1) is 21.2. The molecule has 2 aromatic rings. The fourth-order valence-corrected chi connectivity index (χ4v) is 3.51. The van der Waals surface area contributed by atoms with Crippen LogP contribution < -0.4 is 10.0 Å². The molecule has 2 rings (SSSR count). The van der Waals surface area contributed by atoms with Crippen LogP contribution >= 0.6 is 11.6 Å². The minimum absolute atomic E-state index is 0.0341. The molecule has 146 valence electrons. The lowest BCUT2D eigenvalue weighted by Crippen LogP contribution is -2.41. The molecule has 0 aliphatic heterocycles. The molecule has 0 aliphatic rings. The maximum atomic E-state index is 12.1. The Hall–Kier alpha value is -2.09. The van der Waals surface area contributed by atoms with Crippen LogP contribution in [0.3, 0.4) is 0 Å². The van der Waals surface area contributed by atoms with E-state index in [1.54, 1.807) is 7.05 Å². The number of benzene rings is 2. The molecule has 6 nitrogen and oxygen atoms in total. The van der Waals surface area contributed by atoms with E-state index in [-0.39, 0.29) is 18.8 Å². The van der Waals surface area contributed by atoms with Crippen molar-refractivity contribution >= 4 is 27.6 Å². The number of sulfonamides is 1. The van der Waals surface area contributed by atoms with E-state index < -0.39 is 10.0 Å². The Bertz CT molecular complexity index is 840. The van der Waals surface area contributed by atoms with E-state index in [0.717, 1.165) is 11.1 Å². The second-order valence-corrected chi connectivity index (χ2v) is 8.44. The van der Waals surface area contributed by atoms with E-state index in [2.05, 4.69) is 15.0 Å². The van der Waals surface area contributed by atoms with Crippen LogP contribution in [0.5, 0.6) is 0 Å². The molecule has 0 bridgehead atoms. The number of hydrogen-bond acceptors (Lipinski definition) is 3. The van der Waals surface area contributed by atoms with Gasteiger partial charge in [0.25, 0.3) is 0 Å². The molecule has 0 aromatic heterocycles. The number of guanidine groups is 1. The topological polar surface area (TPSA) is 73.8 Å². The Balaban J connectivity index is 1.79. The number of nitrogens with one attached hydrogen (secondary N) is 2. The van der Waals surface area contributed by atoms with Crippen LogP contribution in [0.25, 0.3) is 0 Å². The predicted molar refractivity (Wildman–Crippen MR) is 111 cm³/mol. The Labute approximate surface area is 166 Å². The molecule has 8 heteroatoms. The van der Waals surface area contributed by atoms with Gasteiger partial charge < -0.3 is 10.2 Å². The van der Waals surface area contributed by atoms with E-state index in [9.17, 15) is 8.42 Å². The lowest BCUT2D eigenvalue weighted by atomic mass is 10.2. The van der Waals surface area contributed by atoms with Crippen LogP contribution in [0, 0.1) is 0 Å². The van der Waals surface area contributed by atoms with E-state index >= 15 is 0 Å². The first-order valence-electron chi connectivity index (χ1n) is 8.57. The SMILES string of the molecule is CN=C(NCCS(=O)(=O)NCc1ccccc1)N(C)Cc1ccc(Cl)cc1. The first-order valence-corrected chi connectivity index (χ1v) is 10.6. The summed E-state index contributed by atoms with van der Waals surface area (Å²) in [5.41, 5.74) is 2.01. The van der Waals surface area contributed by atoms with Gasteiger partial charge >= 0.3 is 0 Å². The summed E-state index contributed by atoms with van der Waals surface area (Å²) in [5.74, 6) is 0.594. The van der Waals surface area contributed by atoms with Gasteiger partial charge in [0.15, 0.2) is 5.96 Å². The second-order valence-electron chi connectivity index (χ2n) is 6.08. The number of nitrogens with zero attached hydrogens (tertiary/aromatic N) is 2. The van der Waals surface area contributed by atoms with Gasteiger partial charge in [-0.05, 0) is 23.3 Å². The minimum atomic E-state index is -3.37. The van der Waals surface area contributed by atoms with Gasteiger partial charge in [-0.25, -0.2) is 13.1 Å². The molecule has 0 spiro atoms. The van der Waals surface area contributed by atoms with Gasteiger partial charge in [0.05, 0.1) is 5.75 Å². The van der Waals surface area contributed by atoms with Crippen LogP contribution in [0.4, 0.5) is 0 Å². The van der Waals surface area contributed by atoms with E-state index in [1.807, 2.05) is 66.5 Å².